The number of ether oxygens (including phenoxy) is 1. The second kappa shape index (κ2) is 15.9. The Kier molecular flexibility index (Phi) is 12.4. The van der Waals surface area contributed by atoms with Crippen molar-refractivity contribution in [1.82, 2.24) is 10.2 Å². The van der Waals surface area contributed by atoms with Gasteiger partial charge in [0.1, 0.15) is 19.3 Å². The van der Waals surface area contributed by atoms with E-state index < -0.39 is 36.6 Å². The Morgan fingerprint density at radius 3 is 2.45 bits per heavy atom. The molecule has 5 N–H and O–H groups in total. The Bertz CT molecular complexity index is 1030. The first kappa shape index (κ1) is 31.0. The highest BCUT2D eigenvalue weighted by Gasteiger charge is 2.41. The monoisotopic (exact) mass is 559 g/mol. The van der Waals surface area contributed by atoms with Gasteiger partial charge in [0.05, 0.1) is 6.04 Å². The van der Waals surface area contributed by atoms with Gasteiger partial charge < -0.3 is 26.4 Å². The SMILES string of the molecule is NC(N)=NCCC[C@H](CC(=O)[C@@H]1CCCN1C(=O)[C@@H](NC(=O)OCc1ccccc1)C1CCCCC1)C(=O)CF. The molecule has 0 aromatic heterocycles. The molecule has 220 valence electrons. The van der Waals surface area contributed by atoms with Gasteiger partial charge in [-0.15, -0.1) is 0 Å². The molecule has 2 fully saturated rings. The first-order valence-electron chi connectivity index (χ1n) is 14.2. The highest BCUT2D eigenvalue weighted by Crippen LogP contribution is 2.30. The van der Waals surface area contributed by atoms with Crippen LogP contribution in [0, 0.1) is 11.8 Å². The number of ketones is 2. The van der Waals surface area contributed by atoms with Gasteiger partial charge in [-0.25, -0.2) is 9.18 Å². The van der Waals surface area contributed by atoms with Crippen LogP contribution in [0.1, 0.15) is 69.8 Å². The number of rotatable bonds is 14. The molecule has 2 aliphatic rings. The number of carbonyl (C=O) groups is 4. The maximum absolute atomic E-state index is 13.9. The summed E-state index contributed by atoms with van der Waals surface area (Å²) in [5.74, 6) is -2.15. The number of nitrogens with one attached hydrogen (secondary N) is 1. The van der Waals surface area contributed by atoms with E-state index in [1.54, 1.807) is 0 Å². The van der Waals surface area contributed by atoms with Gasteiger partial charge in [0.2, 0.25) is 5.91 Å². The molecule has 1 heterocycles. The highest BCUT2D eigenvalue weighted by molar-refractivity contribution is 5.95. The van der Waals surface area contributed by atoms with Crippen molar-refractivity contribution in [2.45, 2.75) is 82.9 Å². The van der Waals surface area contributed by atoms with Crippen LogP contribution in [-0.2, 0) is 25.7 Å². The first-order valence-corrected chi connectivity index (χ1v) is 14.2. The fourth-order valence-electron chi connectivity index (χ4n) is 5.70. The van der Waals surface area contributed by atoms with E-state index >= 15 is 0 Å². The number of halogens is 1. The van der Waals surface area contributed by atoms with Gasteiger partial charge in [0, 0.05) is 25.4 Å². The number of nitrogens with zero attached hydrogens (tertiary/aromatic N) is 2. The van der Waals surface area contributed by atoms with Crippen molar-refractivity contribution in [2.24, 2.45) is 28.3 Å². The quantitative estimate of drug-likeness (QED) is 0.180. The fraction of sp³-hybridized carbons (Fsp3) is 0.621. The van der Waals surface area contributed by atoms with Crippen molar-refractivity contribution in [3.63, 3.8) is 0 Å². The maximum Gasteiger partial charge on any atom is 0.408 e. The number of Topliss-reactive ketones (excluding diaryl/α,β-unsaturated/α-hetero) is 2. The van der Waals surface area contributed by atoms with Crippen molar-refractivity contribution in [3.05, 3.63) is 35.9 Å². The Labute approximate surface area is 235 Å². The zero-order valence-corrected chi connectivity index (χ0v) is 23.1. The number of aliphatic imine (C=N–C) groups is 1. The molecule has 40 heavy (non-hydrogen) atoms. The van der Waals surface area contributed by atoms with Crippen molar-refractivity contribution in [1.29, 1.82) is 0 Å². The normalized spacial score (nSPS) is 18.9. The average Bonchev–Trinajstić information content (AvgIpc) is 3.47. The lowest BCUT2D eigenvalue weighted by Gasteiger charge is -2.34. The molecular formula is C29H42FN5O5. The largest absolute Gasteiger partial charge is 0.445 e. The molecule has 0 radical (unpaired) electrons. The fourth-order valence-corrected chi connectivity index (χ4v) is 5.70. The number of hydrogen-bond donors (Lipinski definition) is 3. The number of benzene rings is 1. The van der Waals surface area contributed by atoms with Crippen molar-refractivity contribution in [2.75, 3.05) is 19.8 Å². The van der Waals surface area contributed by atoms with Crippen LogP contribution in [0.3, 0.4) is 0 Å². The maximum atomic E-state index is 13.9. The van der Waals surface area contributed by atoms with E-state index in [0.29, 0.717) is 25.8 Å². The third-order valence-electron chi connectivity index (χ3n) is 7.82. The number of guanidine groups is 1. The van der Waals surface area contributed by atoms with Gasteiger partial charge in [-0.05, 0) is 50.0 Å². The van der Waals surface area contributed by atoms with E-state index in [-0.39, 0.29) is 49.6 Å². The summed E-state index contributed by atoms with van der Waals surface area (Å²) in [4.78, 5) is 57.6. The average molecular weight is 560 g/mol. The Hall–Kier alpha value is -3.50. The van der Waals surface area contributed by atoms with E-state index in [2.05, 4.69) is 10.3 Å². The minimum atomic E-state index is -1.16. The minimum absolute atomic E-state index is 0.0572. The smallest absolute Gasteiger partial charge is 0.408 e. The predicted molar refractivity (Wildman–Crippen MR) is 149 cm³/mol. The van der Waals surface area contributed by atoms with E-state index in [0.717, 1.165) is 37.7 Å². The van der Waals surface area contributed by atoms with Gasteiger partial charge >= 0.3 is 6.09 Å². The summed E-state index contributed by atoms with van der Waals surface area (Å²) < 4.78 is 18.7. The number of alkyl halides is 1. The summed E-state index contributed by atoms with van der Waals surface area (Å²) >= 11 is 0. The third-order valence-corrected chi connectivity index (χ3v) is 7.82. The van der Waals surface area contributed by atoms with Crippen LogP contribution < -0.4 is 16.8 Å². The lowest BCUT2D eigenvalue weighted by Crippen LogP contribution is -2.55. The molecule has 0 unspecified atom stereocenters. The summed E-state index contributed by atoms with van der Waals surface area (Å²) in [6.45, 7) is -0.427. The van der Waals surface area contributed by atoms with Crippen LogP contribution in [0.2, 0.25) is 0 Å². The summed E-state index contributed by atoms with van der Waals surface area (Å²) in [7, 11) is 0. The molecule has 0 spiro atoms. The molecule has 1 saturated heterocycles. The Morgan fingerprint density at radius 2 is 1.77 bits per heavy atom. The molecule has 10 nitrogen and oxygen atoms in total. The zero-order valence-electron chi connectivity index (χ0n) is 23.1. The molecule has 1 aliphatic heterocycles. The van der Waals surface area contributed by atoms with Crippen LogP contribution in [0.15, 0.2) is 35.3 Å². The lowest BCUT2D eigenvalue weighted by atomic mass is 9.83. The van der Waals surface area contributed by atoms with Crippen molar-refractivity contribution in [3.8, 4) is 0 Å². The van der Waals surface area contributed by atoms with Gasteiger partial charge in [0.25, 0.3) is 0 Å². The van der Waals surface area contributed by atoms with Gasteiger partial charge in [-0.1, -0.05) is 49.6 Å². The van der Waals surface area contributed by atoms with E-state index in [1.807, 2.05) is 30.3 Å². The Morgan fingerprint density at radius 1 is 1.05 bits per heavy atom. The topological polar surface area (TPSA) is 157 Å². The van der Waals surface area contributed by atoms with Crippen LogP contribution in [-0.4, -0.2) is 66.3 Å². The van der Waals surface area contributed by atoms with Gasteiger partial charge in [-0.3, -0.25) is 19.4 Å². The predicted octanol–water partition coefficient (Wildman–Crippen LogP) is 3.02. The minimum Gasteiger partial charge on any atom is -0.445 e. The van der Waals surface area contributed by atoms with Crippen LogP contribution in [0.5, 0.6) is 0 Å². The zero-order chi connectivity index (χ0) is 28.9. The summed E-state index contributed by atoms with van der Waals surface area (Å²) in [6, 6.07) is 7.75. The first-order chi connectivity index (χ1) is 19.3. The molecule has 1 aromatic carbocycles. The van der Waals surface area contributed by atoms with Crippen LogP contribution >= 0.6 is 0 Å². The van der Waals surface area contributed by atoms with Crippen LogP contribution in [0.25, 0.3) is 0 Å². The third kappa shape index (κ3) is 9.31. The van der Waals surface area contributed by atoms with E-state index in [1.165, 1.54) is 4.90 Å². The lowest BCUT2D eigenvalue weighted by molar-refractivity contribution is -0.141. The second-order valence-electron chi connectivity index (χ2n) is 10.7. The molecule has 2 amide bonds. The molecule has 3 atom stereocenters. The van der Waals surface area contributed by atoms with E-state index in [4.69, 9.17) is 16.2 Å². The number of nitrogens with two attached hydrogens (primary N) is 2. The number of carbonyl (C=O) groups excluding carboxylic acids is 4. The highest BCUT2D eigenvalue weighted by atomic mass is 19.1. The Balaban J connectivity index is 1.67. The number of hydrogen-bond acceptors (Lipinski definition) is 6. The number of alkyl carbamates (subject to hydrolysis) is 1. The molecule has 0 bridgehead atoms. The molecular weight excluding hydrogens is 517 g/mol. The van der Waals surface area contributed by atoms with E-state index in [9.17, 15) is 23.6 Å². The summed E-state index contributed by atoms with van der Waals surface area (Å²) in [6.07, 6.45) is 5.55. The molecule has 1 aromatic rings. The van der Waals surface area contributed by atoms with Gasteiger partial charge in [-0.2, -0.15) is 0 Å². The molecule has 1 saturated carbocycles. The molecule has 11 heteroatoms. The van der Waals surface area contributed by atoms with Crippen LogP contribution in [0.4, 0.5) is 9.18 Å². The molecule has 1 aliphatic carbocycles. The van der Waals surface area contributed by atoms with Crippen molar-refractivity contribution < 1.29 is 28.3 Å². The van der Waals surface area contributed by atoms with Gasteiger partial charge in [0.15, 0.2) is 17.5 Å². The second-order valence-corrected chi connectivity index (χ2v) is 10.7. The number of likely N-dealkylation sites (tertiary alicyclic amines) is 1. The standard InChI is InChI=1S/C29H42FN5O5/c30-18-25(37)22(13-7-15-33-28(31)32)17-24(36)23-14-8-16-35(23)27(38)26(21-11-5-2-6-12-21)34-29(39)40-19-20-9-3-1-4-10-20/h1,3-4,9-10,21-23,26H,2,5-8,11-19H2,(H,34,39)(H4,31,32,33)/t22-,23+,26+/m1/s1. The molecule has 3 rings (SSSR count). The summed E-state index contributed by atoms with van der Waals surface area (Å²) in [5.41, 5.74) is 11.5. The van der Waals surface area contributed by atoms with Crippen molar-refractivity contribution >= 4 is 29.5 Å². The summed E-state index contributed by atoms with van der Waals surface area (Å²) in [5, 5.41) is 2.80. The number of amides is 2.